The summed E-state index contributed by atoms with van der Waals surface area (Å²) in [6.45, 7) is 2.77. The fraction of sp³-hybridized carbons (Fsp3) is 1.00. The Kier molecular flexibility index (Phi) is 3.08. The molecule has 0 fully saturated rings. The maximum absolute atomic E-state index is 4.96. The molecular weight excluding hydrogens is 78.0 g/mol. The maximum Gasteiger partial charge on any atom is 0.103 e. The zero-order chi connectivity index (χ0) is 4.99. The van der Waals surface area contributed by atoms with Crippen molar-refractivity contribution in [3.8, 4) is 0 Å². The predicted molar refractivity (Wildman–Crippen MR) is 24.4 cm³/mol. The van der Waals surface area contributed by atoms with Gasteiger partial charge in [-0.1, -0.05) is 0 Å². The van der Waals surface area contributed by atoms with Crippen LogP contribution in [0.1, 0.15) is 6.92 Å². The summed E-state index contributed by atoms with van der Waals surface area (Å²) in [6, 6.07) is 0. The zero-order valence-electron chi connectivity index (χ0n) is 4.62. The molecule has 6 heavy (non-hydrogen) atoms. The van der Waals surface area contributed by atoms with Gasteiger partial charge in [0.05, 0.1) is 14.1 Å². The van der Waals surface area contributed by atoms with Gasteiger partial charge in [-0.3, -0.25) is 0 Å². The van der Waals surface area contributed by atoms with E-state index in [-0.39, 0.29) is 0 Å². The molecule has 38 valence electrons. The number of hydrogen-bond acceptors (Lipinski definition) is 1. The van der Waals surface area contributed by atoms with Crippen LogP contribution in [-0.4, -0.2) is 20.7 Å². The molecule has 0 aliphatic carbocycles. The maximum atomic E-state index is 4.96. The molecule has 0 saturated heterocycles. The summed E-state index contributed by atoms with van der Waals surface area (Å²) in [4.78, 5) is 4.96. The van der Waals surface area contributed by atoms with Crippen molar-refractivity contribution in [2.45, 2.75) is 6.92 Å². The Morgan fingerprint density at radius 3 is 2.00 bits per heavy atom. The molecule has 0 unspecified atom stereocenters. The largest absolute Gasteiger partial charge is 0.205 e. The van der Waals surface area contributed by atoms with Crippen LogP contribution in [0.5, 0.6) is 0 Å². The van der Waals surface area contributed by atoms with Gasteiger partial charge in [-0.2, -0.15) is 5.06 Å². The number of hydrogen-bond donors (Lipinski definition) is 1. The fourth-order valence-corrected chi connectivity index (χ4v) is 0.289. The molecule has 0 bridgehead atoms. The summed E-state index contributed by atoms with van der Waals surface area (Å²) >= 11 is 0. The third kappa shape index (κ3) is 3.92. The number of nitrogens with one attached hydrogen (secondary N) is 1. The lowest BCUT2D eigenvalue weighted by atomic mass is 10.9. The van der Waals surface area contributed by atoms with Crippen molar-refractivity contribution in [1.29, 1.82) is 0 Å². The van der Waals surface area contributed by atoms with Gasteiger partial charge < -0.3 is 0 Å². The fourth-order valence-electron chi connectivity index (χ4n) is 0.289. The summed E-state index contributed by atoms with van der Waals surface area (Å²) in [5, 5.41) is 1.04. The third-order valence-electron chi connectivity index (χ3n) is 0.433. The van der Waals surface area contributed by atoms with Gasteiger partial charge >= 0.3 is 0 Å². The number of quaternary nitrogens is 1. The quantitative estimate of drug-likeness (QED) is 0.433. The van der Waals surface area contributed by atoms with Crippen LogP contribution in [0.4, 0.5) is 0 Å². The van der Waals surface area contributed by atoms with Crippen molar-refractivity contribution in [3.63, 3.8) is 0 Å². The second kappa shape index (κ2) is 3.12. The van der Waals surface area contributed by atoms with Gasteiger partial charge in [-0.15, -0.1) is 0 Å². The van der Waals surface area contributed by atoms with Crippen LogP contribution < -0.4 is 5.06 Å². The predicted octanol–water partition coefficient (Wildman–Crippen LogP) is -0.918. The van der Waals surface area contributed by atoms with Gasteiger partial charge in [0.15, 0.2) is 0 Å². The van der Waals surface area contributed by atoms with E-state index in [9.17, 15) is 0 Å². The van der Waals surface area contributed by atoms with E-state index in [1.54, 1.807) is 0 Å². The molecule has 0 aromatic rings. The first kappa shape index (κ1) is 5.92. The molecule has 1 N–H and O–H groups in total. The first-order valence-corrected chi connectivity index (χ1v) is 2.20. The Hall–Kier alpha value is -0.0800. The normalized spacial score (nSPS) is 10.0. The summed E-state index contributed by atoms with van der Waals surface area (Å²) in [5.74, 6) is 0. The Balaban J connectivity index is 2.63. The molecule has 0 aliphatic heterocycles. The Bertz CT molecular complexity index is 28.7. The highest BCUT2D eigenvalue weighted by atomic mass is 16.7. The minimum Gasteiger partial charge on any atom is -0.205 e. The van der Waals surface area contributed by atoms with Crippen molar-refractivity contribution in [3.05, 3.63) is 0 Å². The van der Waals surface area contributed by atoms with E-state index in [1.807, 2.05) is 21.0 Å². The SMILES string of the molecule is CCO[NH+](C)C. The van der Waals surface area contributed by atoms with Crippen LogP contribution in [0.25, 0.3) is 0 Å². The first-order valence-electron chi connectivity index (χ1n) is 2.20. The Morgan fingerprint density at radius 1 is 1.50 bits per heavy atom. The van der Waals surface area contributed by atoms with Crippen LogP contribution in [0, 0.1) is 0 Å². The monoisotopic (exact) mass is 90.1 g/mol. The molecule has 0 aliphatic rings. The standard InChI is InChI=1S/C4H11NO/c1-4-6-5(2)3/h4H2,1-3H3/p+1. The van der Waals surface area contributed by atoms with Crippen molar-refractivity contribution in [2.75, 3.05) is 20.7 Å². The molecule has 0 saturated carbocycles. The molecular formula is C4H12NO+. The summed E-state index contributed by atoms with van der Waals surface area (Å²) < 4.78 is 0. The minimum atomic E-state index is 0.794. The highest BCUT2D eigenvalue weighted by Gasteiger charge is 1.82. The van der Waals surface area contributed by atoms with Crippen molar-refractivity contribution in [1.82, 2.24) is 0 Å². The second-order valence-electron chi connectivity index (χ2n) is 1.34. The lowest BCUT2D eigenvalue weighted by Crippen LogP contribution is -3.04. The summed E-state index contributed by atoms with van der Waals surface area (Å²) in [6.07, 6.45) is 0. The van der Waals surface area contributed by atoms with Gasteiger partial charge in [0.1, 0.15) is 6.61 Å². The molecule has 0 spiro atoms. The molecule has 2 nitrogen and oxygen atoms in total. The van der Waals surface area contributed by atoms with E-state index >= 15 is 0 Å². The van der Waals surface area contributed by atoms with E-state index in [0.717, 1.165) is 11.7 Å². The van der Waals surface area contributed by atoms with Crippen LogP contribution >= 0.6 is 0 Å². The highest BCUT2D eigenvalue weighted by molar-refractivity contribution is 3.90. The van der Waals surface area contributed by atoms with Crippen LogP contribution in [-0.2, 0) is 4.84 Å². The average Bonchev–Trinajstić information content (AvgIpc) is 1.35. The molecule has 0 aromatic carbocycles. The van der Waals surface area contributed by atoms with E-state index in [4.69, 9.17) is 4.84 Å². The van der Waals surface area contributed by atoms with Crippen LogP contribution in [0.15, 0.2) is 0 Å². The molecule has 2 heteroatoms. The molecule has 0 rings (SSSR count). The molecule has 0 atom stereocenters. The highest BCUT2D eigenvalue weighted by Crippen LogP contribution is 1.47. The molecule has 0 aromatic heterocycles. The van der Waals surface area contributed by atoms with Gasteiger partial charge in [0.25, 0.3) is 0 Å². The van der Waals surface area contributed by atoms with Crippen molar-refractivity contribution in [2.24, 2.45) is 0 Å². The van der Waals surface area contributed by atoms with E-state index < -0.39 is 0 Å². The summed E-state index contributed by atoms with van der Waals surface area (Å²) in [7, 11) is 3.90. The number of rotatable bonds is 2. The zero-order valence-corrected chi connectivity index (χ0v) is 4.62. The molecule has 0 radical (unpaired) electrons. The Morgan fingerprint density at radius 2 is 2.00 bits per heavy atom. The second-order valence-corrected chi connectivity index (χ2v) is 1.34. The average molecular weight is 90.1 g/mol. The lowest BCUT2D eigenvalue weighted by molar-refractivity contribution is -1.06. The van der Waals surface area contributed by atoms with Gasteiger partial charge in [-0.25, -0.2) is 4.84 Å². The van der Waals surface area contributed by atoms with E-state index in [0.29, 0.717) is 0 Å². The topological polar surface area (TPSA) is 13.7 Å². The van der Waals surface area contributed by atoms with Gasteiger partial charge in [-0.05, 0) is 6.92 Å². The molecule has 0 amide bonds. The minimum absolute atomic E-state index is 0.794. The van der Waals surface area contributed by atoms with Crippen molar-refractivity contribution >= 4 is 0 Å². The Labute approximate surface area is 38.7 Å². The number of hydroxylamine groups is 2. The summed E-state index contributed by atoms with van der Waals surface area (Å²) in [5.41, 5.74) is 0. The first-order chi connectivity index (χ1) is 2.77. The van der Waals surface area contributed by atoms with Crippen LogP contribution in [0.2, 0.25) is 0 Å². The van der Waals surface area contributed by atoms with Gasteiger partial charge in [0.2, 0.25) is 0 Å². The van der Waals surface area contributed by atoms with Crippen LogP contribution in [0.3, 0.4) is 0 Å². The van der Waals surface area contributed by atoms with E-state index in [2.05, 4.69) is 0 Å². The van der Waals surface area contributed by atoms with Gasteiger partial charge in [0, 0.05) is 0 Å². The van der Waals surface area contributed by atoms with E-state index in [1.165, 1.54) is 0 Å². The molecule has 0 heterocycles. The lowest BCUT2D eigenvalue weighted by Gasteiger charge is -2.00. The smallest absolute Gasteiger partial charge is 0.103 e. The van der Waals surface area contributed by atoms with Crippen molar-refractivity contribution < 1.29 is 9.90 Å². The third-order valence-corrected chi connectivity index (χ3v) is 0.433.